The first-order valence-electron chi connectivity index (χ1n) is 12.2. The molecule has 37 heavy (non-hydrogen) atoms. The van der Waals surface area contributed by atoms with Crippen molar-refractivity contribution in [2.45, 2.75) is 31.3 Å². The molecular weight excluding hydrogens is 497 g/mol. The lowest BCUT2D eigenvalue weighted by atomic mass is 10.0. The maximum absolute atomic E-state index is 15.4. The van der Waals surface area contributed by atoms with E-state index in [1.54, 1.807) is 15.5 Å². The highest BCUT2D eigenvalue weighted by Crippen LogP contribution is 2.42. The van der Waals surface area contributed by atoms with Crippen LogP contribution in [0.1, 0.15) is 46.0 Å². The quantitative estimate of drug-likeness (QED) is 0.387. The van der Waals surface area contributed by atoms with E-state index in [1.807, 2.05) is 36.4 Å². The topological polar surface area (TPSA) is 91.6 Å². The maximum atomic E-state index is 15.4. The number of anilines is 1. The number of amides is 1. The van der Waals surface area contributed by atoms with Crippen molar-refractivity contribution in [3.8, 4) is 0 Å². The van der Waals surface area contributed by atoms with Crippen molar-refractivity contribution in [3.05, 3.63) is 86.9 Å². The predicted molar refractivity (Wildman–Crippen MR) is 140 cm³/mol. The lowest BCUT2D eigenvalue weighted by Crippen LogP contribution is -2.37. The highest BCUT2D eigenvalue weighted by atomic mass is 35.5. The number of halogens is 2. The Labute approximate surface area is 216 Å². The fourth-order valence-corrected chi connectivity index (χ4v) is 5.69. The molecule has 9 heteroatoms. The SMILES string of the molecule is O=C(O)c1cn(C2CC2)c2c(Cl)c(N3CCC(NC(=O)c4cccc5ccccc45)C3)c(F)cc2c1=O. The smallest absolute Gasteiger partial charge is 0.341 e. The Hall–Kier alpha value is -3.91. The summed E-state index contributed by atoms with van der Waals surface area (Å²) < 4.78 is 17.1. The molecule has 1 saturated heterocycles. The Morgan fingerprint density at radius 3 is 2.54 bits per heavy atom. The molecule has 2 N–H and O–H groups in total. The van der Waals surface area contributed by atoms with Gasteiger partial charge >= 0.3 is 5.97 Å². The van der Waals surface area contributed by atoms with Crippen LogP contribution in [-0.4, -0.2) is 40.7 Å². The number of hydrogen-bond acceptors (Lipinski definition) is 4. The number of fused-ring (bicyclic) bond motifs is 2. The molecule has 0 radical (unpaired) electrons. The number of nitrogens with one attached hydrogen (secondary N) is 1. The number of benzene rings is 3. The molecule has 1 amide bonds. The molecule has 1 aliphatic carbocycles. The number of aromatic nitrogens is 1. The zero-order valence-electron chi connectivity index (χ0n) is 19.7. The number of rotatable bonds is 5. The van der Waals surface area contributed by atoms with Crippen LogP contribution in [0.15, 0.2) is 59.5 Å². The summed E-state index contributed by atoms with van der Waals surface area (Å²) in [5, 5.41) is 14.4. The van der Waals surface area contributed by atoms with E-state index in [4.69, 9.17) is 11.6 Å². The zero-order chi connectivity index (χ0) is 25.8. The lowest BCUT2D eigenvalue weighted by molar-refractivity contribution is 0.0694. The van der Waals surface area contributed by atoms with Crippen LogP contribution in [0.4, 0.5) is 10.1 Å². The van der Waals surface area contributed by atoms with Crippen molar-refractivity contribution >= 4 is 50.8 Å². The van der Waals surface area contributed by atoms with Gasteiger partial charge in [0.2, 0.25) is 5.43 Å². The highest BCUT2D eigenvalue weighted by molar-refractivity contribution is 6.38. The van der Waals surface area contributed by atoms with Gasteiger partial charge in [-0.05, 0) is 42.2 Å². The van der Waals surface area contributed by atoms with Gasteiger partial charge in [-0.3, -0.25) is 9.59 Å². The van der Waals surface area contributed by atoms with Crippen molar-refractivity contribution in [2.75, 3.05) is 18.0 Å². The molecule has 4 aromatic rings. The minimum atomic E-state index is -1.36. The first kappa shape index (κ1) is 23.5. The second kappa shape index (κ2) is 8.88. The zero-order valence-corrected chi connectivity index (χ0v) is 20.5. The molecule has 2 fully saturated rings. The van der Waals surface area contributed by atoms with Gasteiger partial charge in [0.1, 0.15) is 11.4 Å². The summed E-state index contributed by atoms with van der Waals surface area (Å²) in [7, 11) is 0. The van der Waals surface area contributed by atoms with E-state index in [0.717, 1.165) is 29.7 Å². The summed E-state index contributed by atoms with van der Waals surface area (Å²) in [4.78, 5) is 39.3. The van der Waals surface area contributed by atoms with Crippen molar-refractivity contribution in [1.29, 1.82) is 0 Å². The van der Waals surface area contributed by atoms with Crippen LogP contribution >= 0.6 is 11.6 Å². The van der Waals surface area contributed by atoms with Crippen LogP contribution in [0.3, 0.4) is 0 Å². The second-order valence-corrected chi connectivity index (χ2v) is 10.0. The third-order valence-electron chi connectivity index (χ3n) is 7.23. The number of carboxylic acid groups (broad SMARTS) is 1. The highest BCUT2D eigenvalue weighted by Gasteiger charge is 2.32. The summed E-state index contributed by atoms with van der Waals surface area (Å²) in [6, 6.07) is 14.1. The molecule has 1 atom stereocenters. The monoisotopic (exact) mass is 519 g/mol. The number of hydrogen-bond donors (Lipinski definition) is 2. The van der Waals surface area contributed by atoms with Crippen LogP contribution in [0.5, 0.6) is 0 Å². The van der Waals surface area contributed by atoms with Gasteiger partial charge in [-0.1, -0.05) is 48.0 Å². The summed E-state index contributed by atoms with van der Waals surface area (Å²) in [6.45, 7) is 0.809. The van der Waals surface area contributed by atoms with Gasteiger partial charge < -0.3 is 19.9 Å². The second-order valence-electron chi connectivity index (χ2n) is 9.66. The molecule has 7 nitrogen and oxygen atoms in total. The molecule has 1 aliphatic heterocycles. The molecular formula is C28H23ClFN3O4. The molecule has 1 unspecified atom stereocenters. The minimum absolute atomic E-state index is 0.0170. The predicted octanol–water partition coefficient (Wildman–Crippen LogP) is 4.99. The average Bonchev–Trinajstić information content (AvgIpc) is 3.63. The van der Waals surface area contributed by atoms with Crippen molar-refractivity contribution in [1.82, 2.24) is 9.88 Å². The normalized spacial score (nSPS) is 17.5. The van der Waals surface area contributed by atoms with E-state index in [-0.39, 0.29) is 34.1 Å². The molecule has 6 rings (SSSR count). The van der Waals surface area contributed by atoms with Crippen molar-refractivity contribution in [2.24, 2.45) is 0 Å². The van der Waals surface area contributed by atoms with E-state index < -0.39 is 22.8 Å². The summed E-state index contributed by atoms with van der Waals surface area (Å²) >= 11 is 6.75. The lowest BCUT2D eigenvalue weighted by Gasteiger charge is -2.23. The van der Waals surface area contributed by atoms with Crippen LogP contribution in [0.2, 0.25) is 5.02 Å². The van der Waals surface area contributed by atoms with Crippen LogP contribution in [0, 0.1) is 5.82 Å². The molecule has 2 heterocycles. The van der Waals surface area contributed by atoms with E-state index in [1.165, 1.54) is 6.20 Å². The van der Waals surface area contributed by atoms with Gasteiger partial charge in [-0.25, -0.2) is 9.18 Å². The summed E-state index contributed by atoms with van der Waals surface area (Å²) in [5.41, 5.74) is -0.0747. The first-order valence-corrected chi connectivity index (χ1v) is 12.5. The van der Waals surface area contributed by atoms with E-state index in [0.29, 0.717) is 30.6 Å². The summed E-state index contributed by atoms with van der Waals surface area (Å²) in [5.74, 6) is -2.25. The van der Waals surface area contributed by atoms with Crippen LogP contribution < -0.4 is 15.6 Å². The standard InChI is InChI=1S/C28H23ClFN3O4/c29-23-24-20(26(34)21(28(36)37)14-33(24)17-8-9-17)12-22(30)25(23)32-11-10-16(13-32)31-27(35)19-7-3-5-15-4-1-2-6-18(15)19/h1-7,12,14,16-17H,8-11,13H2,(H,31,35)(H,36,37). The Kier molecular flexibility index (Phi) is 5.64. The van der Waals surface area contributed by atoms with Gasteiger partial charge in [-0.15, -0.1) is 0 Å². The first-order chi connectivity index (χ1) is 17.8. The van der Waals surface area contributed by atoms with Gasteiger partial charge in [0.15, 0.2) is 0 Å². The average molecular weight is 520 g/mol. The van der Waals surface area contributed by atoms with E-state index in [2.05, 4.69) is 5.32 Å². The van der Waals surface area contributed by atoms with Gasteiger partial charge in [0, 0.05) is 36.9 Å². The fraction of sp³-hybridized carbons (Fsp3) is 0.250. The molecule has 0 spiro atoms. The third kappa shape index (κ3) is 4.01. The van der Waals surface area contributed by atoms with Crippen molar-refractivity contribution in [3.63, 3.8) is 0 Å². The Morgan fingerprint density at radius 1 is 1.03 bits per heavy atom. The Morgan fingerprint density at radius 2 is 1.78 bits per heavy atom. The van der Waals surface area contributed by atoms with Gasteiger partial charge in [0.05, 0.1) is 21.6 Å². The molecule has 188 valence electrons. The summed E-state index contributed by atoms with van der Waals surface area (Å²) in [6.07, 6.45) is 3.56. The number of carbonyl (C=O) groups is 2. The maximum Gasteiger partial charge on any atom is 0.341 e. The number of carbonyl (C=O) groups excluding carboxylic acids is 1. The number of nitrogens with zero attached hydrogens (tertiary/aromatic N) is 2. The molecule has 2 aliphatic rings. The molecule has 1 aromatic heterocycles. The van der Waals surface area contributed by atoms with Crippen LogP contribution in [-0.2, 0) is 0 Å². The van der Waals surface area contributed by atoms with Crippen LogP contribution in [0.25, 0.3) is 21.7 Å². The van der Waals surface area contributed by atoms with Gasteiger partial charge in [0.25, 0.3) is 5.91 Å². The minimum Gasteiger partial charge on any atom is -0.477 e. The largest absolute Gasteiger partial charge is 0.477 e. The number of pyridine rings is 1. The Balaban J connectivity index is 1.32. The number of carboxylic acids is 1. The van der Waals surface area contributed by atoms with Crippen molar-refractivity contribution < 1.29 is 19.1 Å². The fourth-order valence-electron chi connectivity index (χ4n) is 5.28. The Bertz CT molecular complexity index is 1660. The molecule has 0 bridgehead atoms. The van der Waals surface area contributed by atoms with E-state index in [9.17, 15) is 19.5 Å². The van der Waals surface area contributed by atoms with E-state index >= 15 is 4.39 Å². The third-order valence-corrected chi connectivity index (χ3v) is 7.59. The number of aromatic carboxylic acids is 1. The molecule has 3 aromatic carbocycles. The molecule has 1 saturated carbocycles. The van der Waals surface area contributed by atoms with Gasteiger partial charge in [-0.2, -0.15) is 0 Å².